The molecule has 0 amide bonds. The number of carbonyl (C=O) groups is 1. The van der Waals surface area contributed by atoms with Crippen LogP contribution in [0.1, 0.15) is 71.1 Å². The molecule has 0 saturated carbocycles. The summed E-state index contributed by atoms with van der Waals surface area (Å²) in [5, 5.41) is 0. The smallest absolute Gasteiger partial charge is 0.159 e. The molecule has 1 atom stereocenters. The van der Waals surface area contributed by atoms with E-state index in [4.69, 9.17) is 0 Å². The van der Waals surface area contributed by atoms with Crippen LogP contribution in [0.3, 0.4) is 0 Å². The maximum absolute atomic E-state index is 12.0. The molecule has 0 spiro atoms. The third-order valence-electron chi connectivity index (χ3n) is 4.05. The van der Waals surface area contributed by atoms with E-state index in [1.54, 1.807) is 0 Å². The minimum absolute atomic E-state index is 0.467. The van der Waals surface area contributed by atoms with E-state index in [-0.39, 0.29) is 0 Å². The molecular weight excluding hydrogens is 196 g/mol. The lowest BCUT2D eigenvalue weighted by molar-refractivity contribution is -0.117. The summed E-state index contributed by atoms with van der Waals surface area (Å²) < 4.78 is 0. The molecule has 16 heavy (non-hydrogen) atoms. The van der Waals surface area contributed by atoms with E-state index in [0.717, 1.165) is 12.8 Å². The fourth-order valence-corrected chi connectivity index (χ4v) is 3.17. The van der Waals surface area contributed by atoms with Gasteiger partial charge in [-0.1, -0.05) is 38.2 Å². The topological polar surface area (TPSA) is 17.1 Å². The van der Waals surface area contributed by atoms with Crippen molar-refractivity contribution >= 4 is 5.78 Å². The minimum atomic E-state index is 0.467. The van der Waals surface area contributed by atoms with Crippen LogP contribution in [0.4, 0.5) is 0 Å². The highest BCUT2D eigenvalue weighted by Gasteiger charge is 2.24. The van der Waals surface area contributed by atoms with Gasteiger partial charge in [0, 0.05) is 6.42 Å². The molecule has 0 bridgehead atoms. The molecule has 1 heteroatoms. The summed E-state index contributed by atoms with van der Waals surface area (Å²) in [6, 6.07) is 0. The Morgan fingerprint density at radius 2 is 1.50 bits per heavy atom. The largest absolute Gasteiger partial charge is 0.295 e. The highest BCUT2D eigenvalue weighted by atomic mass is 16.1. The molecule has 0 aromatic carbocycles. The molecule has 2 aliphatic rings. The quantitative estimate of drug-likeness (QED) is 0.590. The third-order valence-corrected chi connectivity index (χ3v) is 4.05. The third kappa shape index (κ3) is 2.96. The van der Waals surface area contributed by atoms with Gasteiger partial charge in [0.05, 0.1) is 0 Å². The molecule has 0 aliphatic heterocycles. The summed E-state index contributed by atoms with van der Waals surface area (Å²) in [7, 11) is 0. The molecular formula is C15H24O. The molecule has 2 aliphatic carbocycles. The number of hydrogen-bond acceptors (Lipinski definition) is 1. The van der Waals surface area contributed by atoms with E-state index < -0.39 is 0 Å². The van der Waals surface area contributed by atoms with Crippen LogP contribution in [0.25, 0.3) is 0 Å². The summed E-state index contributed by atoms with van der Waals surface area (Å²) in [6.07, 6.45) is 12.3. The van der Waals surface area contributed by atoms with E-state index in [2.05, 4.69) is 6.92 Å². The number of carbonyl (C=O) groups excluding carboxylic acids is 1. The minimum Gasteiger partial charge on any atom is -0.295 e. The molecule has 1 nitrogen and oxygen atoms in total. The van der Waals surface area contributed by atoms with Gasteiger partial charge in [0.1, 0.15) is 0 Å². The molecule has 2 rings (SSSR count). The molecule has 0 radical (unpaired) electrons. The molecule has 0 unspecified atom stereocenters. The first-order valence-corrected chi connectivity index (χ1v) is 7.01. The second kappa shape index (κ2) is 5.65. The highest BCUT2D eigenvalue weighted by molar-refractivity contribution is 5.97. The Labute approximate surface area is 99.3 Å². The van der Waals surface area contributed by atoms with Crippen molar-refractivity contribution in [3.05, 3.63) is 11.1 Å². The number of Topliss-reactive ketones (excluding diaryl/α,β-unsaturated/α-hetero) is 1. The average molecular weight is 220 g/mol. The van der Waals surface area contributed by atoms with Crippen molar-refractivity contribution in [3.8, 4) is 0 Å². The first-order chi connectivity index (χ1) is 7.77. The monoisotopic (exact) mass is 220 g/mol. The zero-order valence-corrected chi connectivity index (χ0v) is 10.6. The number of hydrogen-bond donors (Lipinski definition) is 0. The molecule has 90 valence electrons. The van der Waals surface area contributed by atoms with Gasteiger partial charge < -0.3 is 0 Å². The predicted octanol–water partition coefficient (Wildman–Crippen LogP) is 4.42. The number of rotatable bonds is 0. The first kappa shape index (κ1) is 11.9. The molecule has 0 N–H and O–H groups in total. The zero-order valence-electron chi connectivity index (χ0n) is 10.6. The van der Waals surface area contributed by atoms with Gasteiger partial charge in [0.2, 0.25) is 0 Å². The normalized spacial score (nSPS) is 28.8. The van der Waals surface area contributed by atoms with Crippen molar-refractivity contribution in [1.29, 1.82) is 0 Å². The SMILES string of the molecule is C[C@H]1CC(=O)C2=C(CCCCCCCC2)C1. The van der Waals surface area contributed by atoms with Crippen molar-refractivity contribution in [2.45, 2.75) is 71.1 Å². The average Bonchev–Trinajstić information content (AvgIpc) is 2.25. The zero-order chi connectivity index (χ0) is 11.4. The van der Waals surface area contributed by atoms with Gasteiger partial charge in [0.25, 0.3) is 0 Å². The maximum atomic E-state index is 12.0. The van der Waals surface area contributed by atoms with Crippen molar-refractivity contribution < 1.29 is 4.79 Å². The Kier molecular flexibility index (Phi) is 4.20. The van der Waals surface area contributed by atoms with Crippen LogP contribution >= 0.6 is 0 Å². The van der Waals surface area contributed by atoms with Crippen LogP contribution in [-0.2, 0) is 4.79 Å². The van der Waals surface area contributed by atoms with Gasteiger partial charge >= 0.3 is 0 Å². The van der Waals surface area contributed by atoms with E-state index >= 15 is 0 Å². The van der Waals surface area contributed by atoms with Crippen LogP contribution in [0.5, 0.6) is 0 Å². The predicted molar refractivity (Wildman–Crippen MR) is 67.4 cm³/mol. The Hall–Kier alpha value is -0.590. The van der Waals surface area contributed by atoms with Gasteiger partial charge in [-0.3, -0.25) is 4.79 Å². The van der Waals surface area contributed by atoms with E-state index in [0.29, 0.717) is 11.7 Å². The molecule has 0 aromatic heterocycles. The van der Waals surface area contributed by atoms with Crippen LogP contribution in [-0.4, -0.2) is 5.78 Å². The van der Waals surface area contributed by atoms with Gasteiger partial charge in [-0.05, 0) is 43.6 Å². The molecule has 0 saturated heterocycles. The van der Waals surface area contributed by atoms with Gasteiger partial charge in [-0.2, -0.15) is 0 Å². The summed E-state index contributed by atoms with van der Waals surface area (Å²) >= 11 is 0. The lowest BCUT2D eigenvalue weighted by Crippen LogP contribution is -2.18. The molecule has 0 heterocycles. The molecule has 0 aromatic rings. The van der Waals surface area contributed by atoms with Crippen molar-refractivity contribution in [2.24, 2.45) is 5.92 Å². The summed E-state index contributed by atoms with van der Waals surface area (Å²) in [5.74, 6) is 1.06. The van der Waals surface area contributed by atoms with Gasteiger partial charge in [-0.25, -0.2) is 0 Å². The first-order valence-electron chi connectivity index (χ1n) is 7.01. The van der Waals surface area contributed by atoms with Gasteiger partial charge in [0.15, 0.2) is 5.78 Å². The lowest BCUT2D eigenvalue weighted by Gasteiger charge is -2.25. The van der Waals surface area contributed by atoms with Gasteiger partial charge in [-0.15, -0.1) is 0 Å². The van der Waals surface area contributed by atoms with E-state index in [1.807, 2.05) is 0 Å². The van der Waals surface area contributed by atoms with Crippen molar-refractivity contribution in [3.63, 3.8) is 0 Å². The standard InChI is InChI=1S/C15H24O/c1-12-10-13-8-6-4-2-3-5-7-9-14(13)15(16)11-12/h12H,2-11H2,1H3/t12-/m1/s1. The fourth-order valence-electron chi connectivity index (χ4n) is 3.17. The summed E-state index contributed by atoms with van der Waals surface area (Å²) in [6.45, 7) is 2.22. The van der Waals surface area contributed by atoms with E-state index in [9.17, 15) is 4.79 Å². The number of allylic oxidation sites excluding steroid dienone is 2. The van der Waals surface area contributed by atoms with Crippen molar-refractivity contribution in [2.75, 3.05) is 0 Å². The molecule has 0 fully saturated rings. The fraction of sp³-hybridized carbons (Fsp3) is 0.800. The second-order valence-corrected chi connectivity index (χ2v) is 5.64. The van der Waals surface area contributed by atoms with Crippen LogP contribution < -0.4 is 0 Å². The highest BCUT2D eigenvalue weighted by Crippen LogP contribution is 2.33. The number of ketones is 1. The lowest BCUT2D eigenvalue weighted by atomic mass is 9.79. The van der Waals surface area contributed by atoms with Crippen LogP contribution in [0.15, 0.2) is 11.1 Å². The van der Waals surface area contributed by atoms with Crippen LogP contribution in [0.2, 0.25) is 0 Å². The Balaban J connectivity index is 2.12. The summed E-state index contributed by atoms with van der Waals surface area (Å²) in [4.78, 5) is 12.0. The van der Waals surface area contributed by atoms with Crippen LogP contribution in [0, 0.1) is 5.92 Å². The second-order valence-electron chi connectivity index (χ2n) is 5.64. The Morgan fingerprint density at radius 3 is 2.25 bits per heavy atom. The Bertz CT molecular complexity index is 288. The van der Waals surface area contributed by atoms with Crippen molar-refractivity contribution in [1.82, 2.24) is 0 Å². The summed E-state index contributed by atoms with van der Waals surface area (Å²) in [5.41, 5.74) is 2.76. The Morgan fingerprint density at radius 1 is 0.875 bits per heavy atom. The van der Waals surface area contributed by atoms with E-state index in [1.165, 1.54) is 62.5 Å². The maximum Gasteiger partial charge on any atom is 0.159 e.